The van der Waals surface area contributed by atoms with Gasteiger partial charge in [0.25, 0.3) is 0 Å². The van der Waals surface area contributed by atoms with Crippen LogP contribution in [0.5, 0.6) is 5.75 Å². The lowest BCUT2D eigenvalue weighted by Gasteiger charge is -2.09. The fourth-order valence-corrected chi connectivity index (χ4v) is 2.74. The van der Waals surface area contributed by atoms with E-state index in [1.165, 1.54) is 0 Å². The molecule has 0 spiro atoms. The van der Waals surface area contributed by atoms with Crippen LogP contribution in [0.3, 0.4) is 0 Å². The minimum Gasteiger partial charge on any atom is -0.496 e. The van der Waals surface area contributed by atoms with Gasteiger partial charge in [0.15, 0.2) is 0 Å². The summed E-state index contributed by atoms with van der Waals surface area (Å²) in [7, 11) is 1.67. The van der Waals surface area contributed by atoms with E-state index in [4.69, 9.17) is 10.5 Å². The summed E-state index contributed by atoms with van der Waals surface area (Å²) >= 11 is 1.63. The molecule has 2 heterocycles. The number of nitrogens with zero attached hydrogens (tertiary/aromatic N) is 2. The molecule has 0 saturated heterocycles. The third kappa shape index (κ3) is 3.36. The molecule has 0 aliphatic heterocycles. The minimum absolute atomic E-state index is 0.0193. The van der Waals surface area contributed by atoms with Crippen molar-refractivity contribution in [3.05, 3.63) is 34.3 Å². The van der Waals surface area contributed by atoms with Crippen molar-refractivity contribution < 1.29 is 4.74 Å². The van der Waals surface area contributed by atoms with Gasteiger partial charge in [0.05, 0.1) is 12.8 Å². The molecule has 2 N–H and O–H groups in total. The van der Waals surface area contributed by atoms with Crippen LogP contribution >= 0.6 is 11.3 Å². The lowest BCUT2D eigenvalue weighted by atomic mass is 10.1. The first-order valence-electron chi connectivity index (χ1n) is 6.56. The van der Waals surface area contributed by atoms with Gasteiger partial charge in [-0.25, -0.2) is 0 Å². The molecule has 2 atom stereocenters. The first-order valence-corrected chi connectivity index (χ1v) is 7.44. The van der Waals surface area contributed by atoms with Crippen molar-refractivity contribution in [3.8, 4) is 5.75 Å². The number of methoxy groups -OCH3 is 1. The van der Waals surface area contributed by atoms with E-state index in [9.17, 15) is 0 Å². The zero-order valence-electron chi connectivity index (χ0n) is 11.7. The first kappa shape index (κ1) is 14.1. The number of aromatic nitrogens is 2. The third-order valence-corrected chi connectivity index (χ3v) is 4.37. The largest absolute Gasteiger partial charge is 0.496 e. The normalized spacial score (nSPS) is 14.3. The van der Waals surface area contributed by atoms with E-state index in [-0.39, 0.29) is 6.04 Å². The van der Waals surface area contributed by atoms with Gasteiger partial charge in [-0.3, -0.25) is 4.68 Å². The van der Waals surface area contributed by atoms with Crippen LogP contribution in [0.15, 0.2) is 23.7 Å². The molecular formula is C14H21N3OS. The van der Waals surface area contributed by atoms with Crippen molar-refractivity contribution in [2.24, 2.45) is 5.73 Å². The second-order valence-electron chi connectivity index (χ2n) is 4.74. The standard InChI is InChI=1S/C14H21N3OS/c1-4-10(2)17-6-5-11(16-17)7-13(15)14-8-12(18-3)9-19-14/h5-6,8-10,13H,4,7,15H2,1-3H3. The highest BCUT2D eigenvalue weighted by molar-refractivity contribution is 7.10. The average Bonchev–Trinajstić information content (AvgIpc) is 3.06. The summed E-state index contributed by atoms with van der Waals surface area (Å²) in [4.78, 5) is 1.13. The van der Waals surface area contributed by atoms with Gasteiger partial charge >= 0.3 is 0 Å². The van der Waals surface area contributed by atoms with Crippen LogP contribution in [0.25, 0.3) is 0 Å². The predicted octanol–water partition coefficient (Wildman–Crippen LogP) is 3.17. The van der Waals surface area contributed by atoms with Gasteiger partial charge in [0, 0.05) is 35.0 Å². The Morgan fingerprint density at radius 2 is 2.32 bits per heavy atom. The Labute approximate surface area is 118 Å². The molecule has 2 aromatic rings. The van der Waals surface area contributed by atoms with Crippen molar-refractivity contribution in [1.29, 1.82) is 0 Å². The molecule has 0 fully saturated rings. The maximum absolute atomic E-state index is 6.22. The predicted molar refractivity (Wildman–Crippen MR) is 78.7 cm³/mol. The van der Waals surface area contributed by atoms with Gasteiger partial charge in [-0.2, -0.15) is 5.10 Å². The second kappa shape index (κ2) is 6.21. The van der Waals surface area contributed by atoms with Crippen molar-refractivity contribution >= 4 is 11.3 Å². The van der Waals surface area contributed by atoms with E-state index in [0.29, 0.717) is 6.04 Å². The summed E-state index contributed by atoms with van der Waals surface area (Å²) < 4.78 is 7.19. The summed E-state index contributed by atoms with van der Waals surface area (Å²) in [6.07, 6.45) is 3.87. The maximum Gasteiger partial charge on any atom is 0.129 e. The molecule has 5 heteroatoms. The summed E-state index contributed by atoms with van der Waals surface area (Å²) in [5.41, 5.74) is 7.26. The molecule has 0 aromatic carbocycles. The van der Waals surface area contributed by atoms with E-state index < -0.39 is 0 Å². The van der Waals surface area contributed by atoms with Crippen molar-refractivity contribution in [2.75, 3.05) is 7.11 Å². The van der Waals surface area contributed by atoms with Gasteiger partial charge < -0.3 is 10.5 Å². The summed E-state index contributed by atoms with van der Waals surface area (Å²) in [6, 6.07) is 4.47. The van der Waals surface area contributed by atoms with Gasteiger partial charge in [-0.05, 0) is 25.5 Å². The van der Waals surface area contributed by atoms with Crippen LogP contribution in [0.1, 0.15) is 42.9 Å². The molecule has 104 valence electrons. The molecule has 0 amide bonds. The topological polar surface area (TPSA) is 53.1 Å². The number of hydrogen-bond donors (Lipinski definition) is 1. The van der Waals surface area contributed by atoms with E-state index >= 15 is 0 Å². The molecule has 0 bridgehead atoms. The Morgan fingerprint density at radius 3 is 2.95 bits per heavy atom. The number of thiophene rings is 1. The van der Waals surface area contributed by atoms with E-state index in [1.807, 2.05) is 22.3 Å². The molecule has 0 saturated carbocycles. The Bertz CT molecular complexity index is 520. The third-order valence-electron chi connectivity index (χ3n) is 3.33. The lowest BCUT2D eigenvalue weighted by molar-refractivity contribution is 0.416. The molecule has 2 unspecified atom stereocenters. The van der Waals surface area contributed by atoms with Crippen LogP contribution in [-0.4, -0.2) is 16.9 Å². The molecule has 2 rings (SSSR count). The highest BCUT2D eigenvalue weighted by Gasteiger charge is 2.13. The first-order chi connectivity index (χ1) is 9.13. The van der Waals surface area contributed by atoms with Crippen LogP contribution in [0.4, 0.5) is 0 Å². The number of hydrogen-bond acceptors (Lipinski definition) is 4. The van der Waals surface area contributed by atoms with Crippen LogP contribution < -0.4 is 10.5 Å². The van der Waals surface area contributed by atoms with Gasteiger partial charge in [-0.15, -0.1) is 11.3 Å². The highest BCUT2D eigenvalue weighted by Crippen LogP contribution is 2.27. The zero-order chi connectivity index (χ0) is 13.8. The SMILES string of the molecule is CCC(C)n1ccc(CC(N)c2cc(OC)cs2)n1. The number of ether oxygens (including phenoxy) is 1. The van der Waals surface area contributed by atoms with Crippen molar-refractivity contribution in [2.45, 2.75) is 38.8 Å². The van der Waals surface area contributed by atoms with Gasteiger partial charge in [-0.1, -0.05) is 6.92 Å². The van der Waals surface area contributed by atoms with Crippen molar-refractivity contribution in [1.82, 2.24) is 9.78 Å². The van der Waals surface area contributed by atoms with E-state index in [0.717, 1.165) is 29.2 Å². The molecular weight excluding hydrogens is 258 g/mol. The smallest absolute Gasteiger partial charge is 0.129 e. The molecule has 0 radical (unpaired) electrons. The number of rotatable bonds is 6. The summed E-state index contributed by atoms with van der Waals surface area (Å²) in [6.45, 7) is 4.33. The lowest BCUT2D eigenvalue weighted by Crippen LogP contribution is -2.13. The number of nitrogens with two attached hydrogens (primary N) is 1. The van der Waals surface area contributed by atoms with E-state index in [1.54, 1.807) is 18.4 Å². The fraction of sp³-hybridized carbons (Fsp3) is 0.500. The quantitative estimate of drug-likeness (QED) is 0.883. The fourth-order valence-electron chi connectivity index (χ4n) is 1.88. The molecule has 0 aliphatic rings. The van der Waals surface area contributed by atoms with Crippen LogP contribution in [-0.2, 0) is 6.42 Å². The second-order valence-corrected chi connectivity index (χ2v) is 5.69. The molecule has 4 nitrogen and oxygen atoms in total. The maximum atomic E-state index is 6.22. The van der Waals surface area contributed by atoms with Crippen molar-refractivity contribution in [3.63, 3.8) is 0 Å². The van der Waals surface area contributed by atoms with Crippen LogP contribution in [0, 0.1) is 0 Å². The van der Waals surface area contributed by atoms with Gasteiger partial charge in [0.1, 0.15) is 5.75 Å². The Morgan fingerprint density at radius 1 is 1.53 bits per heavy atom. The molecule has 2 aromatic heterocycles. The Balaban J connectivity index is 2.02. The minimum atomic E-state index is -0.0193. The van der Waals surface area contributed by atoms with Crippen LogP contribution in [0.2, 0.25) is 0 Å². The summed E-state index contributed by atoms with van der Waals surface area (Å²) in [5.74, 6) is 0.876. The zero-order valence-corrected chi connectivity index (χ0v) is 12.5. The Kier molecular flexibility index (Phi) is 4.61. The summed E-state index contributed by atoms with van der Waals surface area (Å²) in [5, 5.41) is 6.56. The van der Waals surface area contributed by atoms with E-state index in [2.05, 4.69) is 25.0 Å². The molecule has 0 aliphatic carbocycles. The molecule has 19 heavy (non-hydrogen) atoms. The Hall–Kier alpha value is -1.33. The average molecular weight is 279 g/mol. The monoisotopic (exact) mass is 279 g/mol. The van der Waals surface area contributed by atoms with Gasteiger partial charge in [0.2, 0.25) is 0 Å². The highest BCUT2D eigenvalue weighted by atomic mass is 32.1.